The van der Waals surface area contributed by atoms with Crippen molar-refractivity contribution in [3.05, 3.63) is 32.8 Å². The summed E-state index contributed by atoms with van der Waals surface area (Å²) in [5.41, 5.74) is 0.0438. The van der Waals surface area contributed by atoms with Crippen molar-refractivity contribution in [2.75, 3.05) is 6.61 Å². The summed E-state index contributed by atoms with van der Waals surface area (Å²) in [5, 5.41) is 10.6. The maximum absolute atomic E-state index is 10.6. The Kier molecular flexibility index (Phi) is 4.73. The molecule has 1 aromatic rings. The zero-order valence-electron chi connectivity index (χ0n) is 9.27. The van der Waals surface area contributed by atoms with Gasteiger partial charge in [0.15, 0.2) is 0 Å². The minimum atomic E-state index is -0.428. The van der Waals surface area contributed by atoms with Crippen molar-refractivity contribution in [1.82, 2.24) is 0 Å². The zero-order valence-corrected chi connectivity index (χ0v) is 10.9. The van der Waals surface area contributed by atoms with Gasteiger partial charge in [0, 0.05) is 6.07 Å². The number of non-ortho nitro benzene ring substituents is 1. The minimum Gasteiger partial charge on any atom is -0.492 e. The van der Waals surface area contributed by atoms with Crippen molar-refractivity contribution < 1.29 is 9.66 Å². The predicted octanol–water partition coefficient (Wildman–Crippen LogP) is 3.78. The van der Waals surface area contributed by atoms with E-state index in [9.17, 15) is 10.1 Å². The van der Waals surface area contributed by atoms with Gasteiger partial charge in [-0.1, -0.05) is 20.3 Å². The standard InChI is InChI=1S/C11H14BrNO3/c1-3-8(2)7-16-11-6-9(13(14)15)4-5-10(11)12/h4-6,8H,3,7H2,1-2H3. The molecule has 1 rings (SSSR count). The van der Waals surface area contributed by atoms with Gasteiger partial charge in [0.25, 0.3) is 5.69 Å². The molecule has 0 fully saturated rings. The summed E-state index contributed by atoms with van der Waals surface area (Å²) in [5.74, 6) is 0.959. The quantitative estimate of drug-likeness (QED) is 0.612. The van der Waals surface area contributed by atoms with Crippen molar-refractivity contribution in [1.29, 1.82) is 0 Å². The number of hydrogen-bond donors (Lipinski definition) is 0. The second-order valence-corrected chi connectivity index (χ2v) is 4.55. The topological polar surface area (TPSA) is 52.4 Å². The van der Waals surface area contributed by atoms with E-state index in [1.54, 1.807) is 6.07 Å². The Morgan fingerprint density at radius 3 is 2.81 bits per heavy atom. The fourth-order valence-electron chi connectivity index (χ4n) is 1.07. The highest BCUT2D eigenvalue weighted by Crippen LogP contribution is 2.29. The number of nitro groups is 1. The molecule has 5 heteroatoms. The van der Waals surface area contributed by atoms with E-state index in [1.165, 1.54) is 12.1 Å². The second-order valence-electron chi connectivity index (χ2n) is 3.70. The summed E-state index contributed by atoms with van der Waals surface area (Å²) >= 11 is 3.30. The number of benzene rings is 1. The van der Waals surface area contributed by atoms with Gasteiger partial charge in [-0.3, -0.25) is 10.1 Å². The monoisotopic (exact) mass is 287 g/mol. The van der Waals surface area contributed by atoms with Gasteiger partial charge in [0.2, 0.25) is 0 Å². The van der Waals surface area contributed by atoms with Crippen LogP contribution in [0.3, 0.4) is 0 Å². The molecule has 0 N–H and O–H groups in total. The Morgan fingerprint density at radius 1 is 1.56 bits per heavy atom. The van der Waals surface area contributed by atoms with Crippen LogP contribution in [0.2, 0.25) is 0 Å². The summed E-state index contributed by atoms with van der Waals surface area (Å²) in [6, 6.07) is 4.51. The number of rotatable bonds is 5. The van der Waals surface area contributed by atoms with Crippen LogP contribution in [-0.4, -0.2) is 11.5 Å². The van der Waals surface area contributed by atoms with Gasteiger partial charge in [-0.15, -0.1) is 0 Å². The van der Waals surface area contributed by atoms with Crippen molar-refractivity contribution in [3.8, 4) is 5.75 Å². The van der Waals surface area contributed by atoms with E-state index >= 15 is 0 Å². The summed E-state index contributed by atoms with van der Waals surface area (Å²) in [6.07, 6.45) is 1.02. The largest absolute Gasteiger partial charge is 0.492 e. The Balaban J connectivity index is 2.78. The first kappa shape index (κ1) is 13.0. The highest BCUT2D eigenvalue weighted by molar-refractivity contribution is 9.10. The molecular weight excluding hydrogens is 274 g/mol. The van der Waals surface area contributed by atoms with Crippen LogP contribution >= 0.6 is 15.9 Å². The Morgan fingerprint density at radius 2 is 2.25 bits per heavy atom. The molecule has 0 saturated carbocycles. The molecular formula is C11H14BrNO3. The molecule has 16 heavy (non-hydrogen) atoms. The van der Waals surface area contributed by atoms with Crippen molar-refractivity contribution >= 4 is 21.6 Å². The van der Waals surface area contributed by atoms with Gasteiger partial charge in [0.05, 0.1) is 22.1 Å². The lowest BCUT2D eigenvalue weighted by Crippen LogP contribution is -2.07. The molecule has 1 atom stereocenters. The lowest BCUT2D eigenvalue weighted by Gasteiger charge is -2.11. The molecule has 0 aliphatic rings. The number of hydrogen-bond acceptors (Lipinski definition) is 3. The highest BCUT2D eigenvalue weighted by Gasteiger charge is 2.11. The lowest BCUT2D eigenvalue weighted by molar-refractivity contribution is -0.385. The van der Waals surface area contributed by atoms with E-state index in [2.05, 4.69) is 29.8 Å². The molecule has 88 valence electrons. The number of ether oxygens (including phenoxy) is 1. The van der Waals surface area contributed by atoms with Gasteiger partial charge in [0.1, 0.15) is 5.75 Å². The average Bonchev–Trinajstić information content (AvgIpc) is 2.27. The van der Waals surface area contributed by atoms with E-state index in [0.29, 0.717) is 18.3 Å². The summed E-state index contributed by atoms with van der Waals surface area (Å²) < 4.78 is 6.27. The molecule has 0 aliphatic carbocycles. The van der Waals surface area contributed by atoms with E-state index in [1.807, 2.05) is 0 Å². The smallest absolute Gasteiger partial charge is 0.273 e. The van der Waals surface area contributed by atoms with E-state index in [4.69, 9.17) is 4.74 Å². The highest BCUT2D eigenvalue weighted by atomic mass is 79.9. The molecule has 0 saturated heterocycles. The normalized spacial score (nSPS) is 12.2. The average molecular weight is 288 g/mol. The Hall–Kier alpha value is -1.10. The first-order valence-corrected chi connectivity index (χ1v) is 5.90. The van der Waals surface area contributed by atoms with Crippen molar-refractivity contribution in [2.24, 2.45) is 5.92 Å². The molecule has 0 aliphatic heterocycles. The number of nitro benzene ring substituents is 1. The summed E-state index contributed by atoms with van der Waals surface area (Å²) in [7, 11) is 0. The van der Waals surface area contributed by atoms with Crippen molar-refractivity contribution in [2.45, 2.75) is 20.3 Å². The van der Waals surface area contributed by atoms with Crippen LogP contribution in [0.15, 0.2) is 22.7 Å². The maximum atomic E-state index is 10.6. The maximum Gasteiger partial charge on any atom is 0.273 e. The van der Waals surface area contributed by atoms with Gasteiger partial charge in [-0.25, -0.2) is 0 Å². The molecule has 0 amide bonds. The summed E-state index contributed by atoms with van der Waals surface area (Å²) in [4.78, 5) is 10.2. The fourth-order valence-corrected chi connectivity index (χ4v) is 1.43. The van der Waals surface area contributed by atoms with Crippen LogP contribution in [0.25, 0.3) is 0 Å². The first-order chi connectivity index (χ1) is 7.54. The van der Waals surface area contributed by atoms with Crippen molar-refractivity contribution in [3.63, 3.8) is 0 Å². The van der Waals surface area contributed by atoms with E-state index in [-0.39, 0.29) is 5.69 Å². The Bertz CT molecular complexity index is 381. The summed E-state index contributed by atoms with van der Waals surface area (Å²) in [6.45, 7) is 4.72. The van der Waals surface area contributed by atoms with Gasteiger partial charge in [-0.2, -0.15) is 0 Å². The molecule has 0 spiro atoms. The number of halogens is 1. The van der Waals surface area contributed by atoms with Crippen LogP contribution in [0, 0.1) is 16.0 Å². The third kappa shape index (κ3) is 3.48. The van der Waals surface area contributed by atoms with Crippen LogP contribution < -0.4 is 4.74 Å². The van der Waals surface area contributed by atoms with E-state index < -0.39 is 4.92 Å². The zero-order chi connectivity index (χ0) is 12.1. The molecule has 0 bridgehead atoms. The van der Waals surface area contributed by atoms with Crippen LogP contribution in [0.5, 0.6) is 5.75 Å². The fraction of sp³-hybridized carbons (Fsp3) is 0.455. The number of nitrogens with zero attached hydrogens (tertiary/aromatic N) is 1. The second kappa shape index (κ2) is 5.84. The van der Waals surface area contributed by atoms with Gasteiger partial charge in [-0.05, 0) is 27.9 Å². The van der Waals surface area contributed by atoms with Gasteiger partial charge < -0.3 is 4.74 Å². The first-order valence-electron chi connectivity index (χ1n) is 5.11. The molecule has 1 unspecified atom stereocenters. The molecule has 4 nitrogen and oxygen atoms in total. The predicted molar refractivity (Wildman–Crippen MR) is 65.7 cm³/mol. The third-order valence-electron chi connectivity index (χ3n) is 2.35. The minimum absolute atomic E-state index is 0.0438. The molecule has 0 radical (unpaired) electrons. The molecule has 0 aromatic heterocycles. The van der Waals surface area contributed by atoms with E-state index in [0.717, 1.165) is 10.9 Å². The third-order valence-corrected chi connectivity index (χ3v) is 3.00. The SMILES string of the molecule is CCC(C)COc1cc([N+](=O)[O-])ccc1Br. The molecule has 0 heterocycles. The van der Waals surface area contributed by atoms with Crippen LogP contribution in [0.4, 0.5) is 5.69 Å². The molecule has 1 aromatic carbocycles. The van der Waals surface area contributed by atoms with Gasteiger partial charge >= 0.3 is 0 Å². The Labute approximate surface area is 103 Å². The van der Waals surface area contributed by atoms with Crippen LogP contribution in [-0.2, 0) is 0 Å². The lowest BCUT2D eigenvalue weighted by atomic mass is 10.1. The van der Waals surface area contributed by atoms with Crippen LogP contribution in [0.1, 0.15) is 20.3 Å².